The van der Waals surface area contributed by atoms with Crippen molar-refractivity contribution in [3.63, 3.8) is 0 Å². The van der Waals surface area contributed by atoms with Crippen LogP contribution in [-0.2, 0) is 0 Å². The predicted molar refractivity (Wildman–Crippen MR) is 108 cm³/mol. The highest BCUT2D eigenvalue weighted by Crippen LogP contribution is 2.27. The molecule has 25 heavy (non-hydrogen) atoms. The van der Waals surface area contributed by atoms with Crippen LogP contribution in [-0.4, -0.2) is 41.9 Å². The Morgan fingerprint density at radius 1 is 0.760 bits per heavy atom. The highest BCUT2D eigenvalue weighted by Gasteiger charge is 2.27. The smallest absolute Gasteiger partial charge is 0.201 e. The van der Waals surface area contributed by atoms with Gasteiger partial charge in [-0.05, 0) is 44.7 Å². The van der Waals surface area contributed by atoms with E-state index in [0.29, 0.717) is 12.1 Å². The zero-order chi connectivity index (χ0) is 17.6. The van der Waals surface area contributed by atoms with Gasteiger partial charge in [-0.15, -0.1) is 0 Å². The number of aryl methyl sites for hydroxylation is 1. The van der Waals surface area contributed by atoms with Gasteiger partial charge in [0, 0.05) is 26.2 Å². The lowest BCUT2D eigenvalue weighted by Crippen LogP contribution is -2.50. The first-order valence-electron chi connectivity index (χ1n) is 10.3. The van der Waals surface area contributed by atoms with Crippen molar-refractivity contribution in [3.8, 4) is 0 Å². The van der Waals surface area contributed by atoms with Gasteiger partial charge in [0.1, 0.15) is 0 Å². The van der Waals surface area contributed by atoms with Gasteiger partial charge in [0.05, 0.1) is 5.69 Å². The molecule has 0 N–H and O–H groups in total. The van der Waals surface area contributed by atoms with Gasteiger partial charge in [0.25, 0.3) is 0 Å². The Kier molecular flexibility index (Phi) is 6.39. The molecule has 0 atom stereocenters. The minimum Gasteiger partial charge on any atom is -0.343 e. The molecular weight excluding hydrogens is 306 g/mol. The van der Waals surface area contributed by atoms with Crippen LogP contribution in [0.5, 0.6) is 0 Å². The molecule has 0 bridgehead atoms. The van der Waals surface area contributed by atoms with Crippen molar-refractivity contribution >= 4 is 11.6 Å². The molecule has 0 saturated heterocycles. The Balaban J connectivity index is 1.84. The molecule has 0 aliphatic heterocycles. The Bertz CT molecular complexity index is 525. The first-order valence-corrected chi connectivity index (χ1v) is 10.3. The molecule has 0 amide bonds. The Labute approximate surface area is 154 Å². The highest BCUT2D eigenvalue weighted by atomic mass is 15.4. The van der Waals surface area contributed by atoms with Gasteiger partial charge in [-0.2, -0.15) is 0 Å². The van der Waals surface area contributed by atoms with E-state index in [1.807, 2.05) is 0 Å². The second kappa shape index (κ2) is 8.73. The van der Waals surface area contributed by atoms with Crippen molar-refractivity contribution in [3.05, 3.63) is 29.8 Å². The number of guanidine groups is 1. The van der Waals surface area contributed by atoms with Crippen LogP contribution in [0.1, 0.15) is 69.8 Å². The molecular formula is C22H35N3. The van der Waals surface area contributed by atoms with E-state index in [2.05, 4.69) is 55.1 Å². The van der Waals surface area contributed by atoms with Gasteiger partial charge in [0.15, 0.2) is 0 Å². The average Bonchev–Trinajstić information content (AvgIpc) is 2.68. The molecule has 0 radical (unpaired) electrons. The standard InChI is InChI=1S/C22H35N3/c1-18-14-16-19(17-15-18)23-22(24(2)20-10-6-4-7-11-20)25(3)21-12-8-5-9-13-21/h14-17,20-21H,4-13H2,1-3H3. The van der Waals surface area contributed by atoms with Crippen molar-refractivity contribution in [1.82, 2.24) is 9.80 Å². The van der Waals surface area contributed by atoms with Crippen LogP contribution in [0.25, 0.3) is 0 Å². The van der Waals surface area contributed by atoms with Gasteiger partial charge in [0.2, 0.25) is 5.96 Å². The largest absolute Gasteiger partial charge is 0.343 e. The molecule has 2 saturated carbocycles. The third-order valence-corrected chi connectivity index (χ3v) is 6.14. The van der Waals surface area contributed by atoms with E-state index in [1.54, 1.807) is 0 Å². The van der Waals surface area contributed by atoms with Crippen LogP contribution in [0.4, 0.5) is 5.69 Å². The van der Waals surface area contributed by atoms with E-state index in [1.165, 1.54) is 75.7 Å². The third kappa shape index (κ3) is 4.77. The lowest BCUT2D eigenvalue weighted by atomic mass is 9.93. The quantitative estimate of drug-likeness (QED) is 0.533. The molecule has 0 unspecified atom stereocenters. The maximum Gasteiger partial charge on any atom is 0.201 e. The molecule has 1 aromatic carbocycles. The fraction of sp³-hybridized carbons (Fsp3) is 0.682. The second-order valence-electron chi connectivity index (χ2n) is 8.05. The van der Waals surface area contributed by atoms with Crippen LogP contribution in [0.3, 0.4) is 0 Å². The number of hydrogen-bond acceptors (Lipinski definition) is 1. The fourth-order valence-corrected chi connectivity index (χ4v) is 4.40. The van der Waals surface area contributed by atoms with Gasteiger partial charge in [-0.1, -0.05) is 56.2 Å². The SMILES string of the molecule is Cc1ccc(N=C(N(C)C2CCCCC2)N(C)C2CCCCC2)cc1. The minimum absolute atomic E-state index is 0.643. The summed E-state index contributed by atoms with van der Waals surface area (Å²) in [4.78, 5) is 10.1. The number of benzene rings is 1. The second-order valence-corrected chi connectivity index (χ2v) is 8.05. The zero-order valence-electron chi connectivity index (χ0n) is 16.4. The van der Waals surface area contributed by atoms with Crippen LogP contribution < -0.4 is 0 Å². The summed E-state index contributed by atoms with van der Waals surface area (Å²) in [5, 5.41) is 0. The topological polar surface area (TPSA) is 18.8 Å². The summed E-state index contributed by atoms with van der Waals surface area (Å²) in [5.74, 6) is 1.17. The van der Waals surface area contributed by atoms with E-state index in [0.717, 1.165) is 5.69 Å². The van der Waals surface area contributed by atoms with Crippen molar-refractivity contribution in [2.45, 2.75) is 83.2 Å². The monoisotopic (exact) mass is 341 g/mol. The first kappa shape index (κ1) is 18.3. The van der Waals surface area contributed by atoms with Crippen LogP contribution in [0.2, 0.25) is 0 Å². The summed E-state index contributed by atoms with van der Waals surface area (Å²) in [6, 6.07) is 9.92. The first-order chi connectivity index (χ1) is 12.1. The Morgan fingerprint density at radius 2 is 1.20 bits per heavy atom. The predicted octanol–water partition coefficient (Wildman–Crippen LogP) is 5.51. The lowest BCUT2D eigenvalue weighted by Gasteiger charge is -2.41. The molecule has 0 spiro atoms. The summed E-state index contributed by atoms with van der Waals surface area (Å²) >= 11 is 0. The molecule has 0 heterocycles. The van der Waals surface area contributed by atoms with Gasteiger partial charge < -0.3 is 9.80 Å². The maximum atomic E-state index is 5.12. The average molecular weight is 342 g/mol. The number of aliphatic imine (C=N–C) groups is 1. The summed E-state index contributed by atoms with van der Waals surface area (Å²) in [7, 11) is 4.53. The highest BCUT2D eigenvalue weighted by molar-refractivity contribution is 5.83. The summed E-state index contributed by atoms with van der Waals surface area (Å²) in [6.45, 7) is 2.14. The molecule has 0 aromatic heterocycles. The molecule has 3 nitrogen and oxygen atoms in total. The molecule has 3 heteroatoms. The van der Waals surface area contributed by atoms with E-state index >= 15 is 0 Å². The Morgan fingerprint density at radius 3 is 1.64 bits per heavy atom. The van der Waals surface area contributed by atoms with Crippen LogP contribution in [0, 0.1) is 6.92 Å². The van der Waals surface area contributed by atoms with Crippen LogP contribution in [0.15, 0.2) is 29.3 Å². The van der Waals surface area contributed by atoms with Crippen molar-refractivity contribution in [2.24, 2.45) is 4.99 Å². The number of hydrogen-bond donors (Lipinski definition) is 0. The summed E-state index contributed by atoms with van der Waals surface area (Å²) < 4.78 is 0. The van der Waals surface area contributed by atoms with E-state index in [9.17, 15) is 0 Å². The van der Waals surface area contributed by atoms with Crippen molar-refractivity contribution in [1.29, 1.82) is 0 Å². The summed E-state index contributed by atoms with van der Waals surface area (Å²) in [6.07, 6.45) is 13.5. The van der Waals surface area contributed by atoms with Crippen molar-refractivity contribution in [2.75, 3.05) is 14.1 Å². The fourth-order valence-electron chi connectivity index (χ4n) is 4.40. The zero-order valence-corrected chi connectivity index (χ0v) is 16.4. The lowest BCUT2D eigenvalue weighted by molar-refractivity contribution is 0.212. The third-order valence-electron chi connectivity index (χ3n) is 6.14. The molecule has 2 aliphatic rings. The van der Waals surface area contributed by atoms with E-state index < -0.39 is 0 Å². The van der Waals surface area contributed by atoms with Crippen LogP contribution >= 0.6 is 0 Å². The van der Waals surface area contributed by atoms with Gasteiger partial charge in [-0.25, -0.2) is 4.99 Å². The van der Waals surface area contributed by atoms with E-state index in [-0.39, 0.29) is 0 Å². The molecule has 1 aromatic rings. The normalized spacial score (nSPS) is 19.5. The Hall–Kier alpha value is -1.51. The molecule has 2 fully saturated rings. The number of rotatable bonds is 3. The number of nitrogens with zero attached hydrogens (tertiary/aromatic N) is 3. The molecule has 2 aliphatic carbocycles. The maximum absolute atomic E-state index is 5.12. The van der Waals surface area contributed by atoms with Gasteiger partial charge in [-0.3, -0.25) is 0 Å². The van der Waals surface area contributed by atoms with E-state index in [4.69, 9.17) is 4.99 Å². The summed E-state index contributed by atoms with van der Waals surface area (Å²) in [5.41, 5.74) is 2.37. The van der Waals surface area contributed by atoms with Crippen molar-refractivity contribution < 1.29 is 0 Å². The molecule has 3 rings (SSSR count). The minimum atomic E-state index is 0.643. The molecule has 138 valence electrons. The van der Waals surface area contributed by atoms with Gasteiger partial charge >= 0.3 is 0 Å².